The molecule has 0 aromatic carbocycles. The van der Waals surface area contributed by atoms with Crippen molar-refractivity contribution in [1.82, 2.24) is 9.71 Å². The molecule has 20 heavy (non-hydrogen) atoms. The van der Waals surface area contributed by atoms with Crippen molar-refractivity contribution in [3.8, 4) is 0 Å². The third kappa shape index (κ3) is 4.13. The molecule has 1 rings (SSSR count). The van der Waals surface area contributed by atoms with Gasteiger partial charge in [-0.3, -0.25) is 10.1 Å². The molecule has 0 aliphatic carbocycles. The van der Waals surface area contributed by atoms with Crippen LogP contribution in [0.15, 0.2) is 12.3 Å². The van der Waals surface area contributed by atoms with Crippen LogP contribution in [0.2, 0.25) is 0 Å². The SMILES string of the molecule is CNS(=O)(=O)CCNc1ncc(C(=O)O)cc1[N+](=O)[O-]. The standard InChI is InChI=1S/C9H12N4O6S/c1-10-20(18,19)3-2-11-8-7(13(16)17)4-6(5-12-8)9(14)15/h4-5,10H,2-3H2,1H3,(H,11,12)(H,14,15). The summed E-state index contributed by atoms with van der Waals surface area (Å²) in [7, 11) is -2.20. The molecule has 0 atom stereocenters. The zero-order chi connectivity index (χ0) is 15.3. The van der Waals surface area contributed by atoms with Gasteiger partial charge in [-0.05, 0) is 7.05 Å². The second-order valence-corrected chi connectivity index (χ2v) is 5.65. The van der Waals surface area contributed by atoms with Crippen LogP contribution in [0, 0.1) is 10.1 Å². The molecule has 0 aliphatic heterocycles. The molecule has 10 nitrogen and oxygen atoms in total. The molecule has 0 bridgehead atoms. The molecule has 0 saturated carbocycles. The molecule has 0 saturated heterocycles. The van der Waals surface area contributed by atoms with E-state index in [-0.39, 0.29) is 23.7 Å². The lowest BCUT2D eigenvalue weighted by molar-refractivity contribution is -0.384. The number of sulfonamides is 1. The molecular formula is C9H12N4O6S. The Hall–Kier alpha value is -2.27. The second kappa shape index (κ2) is 6.25. The summed E-state index contributed by atoms with van der Waals surface area (Å²) in [6.07, 6.45) is 0.949. The summed E-state index contributed by atoms with van der Waals surface area (Å²) in [6.45, 7) is -0.108. The summed E-state index contributed by atoms with van der Waals surface area (Å²) in [6, 6.07) is 0.851. The minimum Gasteiger partial charge on any atom is -0.478 e. The number of anilines is 1. The Morgan fingerprint density at radius 2 is 2.20 bits per heavy atom. The number of nitrogens with zero attached hydrogens (tertiary/aromatic N) is 2. The number of rotatable bonds is 7. The first-order valence-electron chi connectivity index (χ1n) is 5.29. The smallest absolute Gasteiger partial charge is 0.337 e. The van der Waals surface area contributed by atoms with Crippen LogP contribution in [0.5, 0.6) is 0 Å². The summed E-state index contributed by atoms with van der Waals surface area (Å²) in [5, 5.41) is 22.0. The fourth-order valence-corrected chi connectivity index (χ4v) is 1.83. The van der Waals surface area contributed by atoms with Gasteiger partial charge in [0.25, 0.3) is 0 Å². The van der Waals surface area contributed by atoms with Gasteiger partial charge >= 0.3 is 11.7 Å². The molecule has 0 amide bonds. The van der Waals surface area contributed by atoms with E-state index in [1.807, 2.05) is 0 Å². The number of nitrogens with one attached hydrogen (secondary N) is 2. The highest BCUT2D eigenvalue weighted by atomic mass is 32.2. The van der Waals surface area contributed by atoms with E-state index in [2.05, 4.69) is 15.0 Å². The molecular weight excluding hydrogens is 292 g/mol. The van der Waals surface area contributed by atoms with Crippen molar-refractivity contribution in [3.63, 3.8) is 0 Å². The molecule has 3 N–H and O–H groups in total. The third-order valence-corrected chi connectivity index (χ3v) is 3.65. The monoisotopic (exact) mass is 304 g/mol. The molecule has 0 aliphatic rings. The minimum atomic E-state index is -3.45. The zero-order valence-corrected chi connectivity index (χ0v) is 11.2. The highest BCUT2D eigenvalue weighted by Crippen LogP contribution is 2.22. The predicted molar refractivity (Wildman–Crippen MR) is 69.2 cm³/mol. The normalized spacial score (nSPS) is 11.1. The van der Waals surface area contributed by atoms with Crippen LogP contribution in [0.4, 0.5) is 11.5 Å². The van der Waals surface area contributed by atoms with Gasteiger partial charge in [-0.15, -0.1) is 0 Å². The van der Waals surface area contributed by atoms with Crippen LogP contribution >= 0.6 is 0 Å². The number of nitro groups is 1. The Balaban J connectivity index is 2.90. The lowest BCUT2D eigenvalue weighted by Crippen LogP contribution is -2.26. The highest BCUT2D eigenvalue weighted by molar-refractivity contribution is 7.89. The van der Waals surface area contributed by atoms with Gasteiger partial charge in [0, 0.05) is 18.8 Å². The average Bonchev–Trinajstić information content (AvgIpc) is 2.38. The first-order valence-corrected chi connectivity index (χ1v) is 6.95. The Bertz CT molecular complexity index is 629. The maximum atomic E-state index is 11.2. The van der Waals surface area contributed by atoms with Crippen LogP contribution < -0.4 is 10.0 Å². The number of pyridine rings is 1. The molecule has 1 heterocycles. The number of hydrogen-bond acceptors (Lipinski definition) is 7. The number of carboxylic acid groups (broad SMARTS) is 1. The fraction of sp³-hybridized carbons (Fsp3) is 0.333. The molecule has 1 aromatic rings. The predicted octanol–water partition coefficient (Wildman–Crippen LogP) is -0.351. The zero-order valence-electron chi connectivity index (χ0n) is 10.4. The summed E-state index contributed by atoms with van der Waals surface area (Å²) >= 11 is 0. The summed E-state index contributed by atoms with van der Waals surface area (Å²) in [5.74, 6) is -1.83. The largest absolute Gasteiger partial charge is 0.478 e. The van der Waals surface area contributed by atoms with E-state index in [1.165, 1.54) is 7.05 Å². The van der Waals surface area contributed by atoms with E-state index >= 15 is 0 Å². The van der Waals surface area contributed by atoms with Crippen molar-refractivity contribution in [3.05, 3.63) is 27.9 Å². The van der Waals surface area contributed by atoms with Crippen LogP contribution in [-0.2, 0) is 10.0 Å². The van der Waals surface area contributed by atoms with Crippen LogP contribution in [0.1, 0.15) is 10.4 Å². The van der Waals surface area contributed by atoms with Crippen molar-refractivity contribution in [1.29, 1.82) is 0 Å². The Morgan fingerprint density at radius 3 is 2.70 bits per heavy atom. The molecule has 0 spiro atoms. The van der Waals surface area contributed by atoms with Gasteiger partial charge in [-0.25, -0.2) is 22.9 Å². The van der Waals surface area contributed by atoms with E-state index in [0.29, 0.717) is 0 Å². The molecule has 0 unspecified atom stereocenters. The minimum absolute atomic E-state index is 0.108. The molecule has 1 aromatic heterocycles. The second-order valence-electron chi connectivity index (χ2n) is 3.60. The summed E-state index contributed by atoms with van der Waals surface area (Å²) in [4.78, 5) is 24.3. The van der Waals surface area contributed by atoms with Crippen molar-refractivity contribution in [2.45, 2.75) is 0 Å². The van der Waals surface area contributed by atoms with E-state index in [9.17, 15) is 23.3 Å². The lowest BCUT2D eigenvalue weighted by atomic mass is 10.2. The quantitative estimate of drug-likeness (QED) is 0.456. The van der Waals surface area contributed by atoms with Gasteiger partial charge in [0.05, 0.1) is 16.2 Å². The number of aromatic carboxylic acids is 1. The third-order valence-electron chi connectivity index (χ3n) is 2.29. The van der Waals surface area contributed by atoms with Crippen LogP contribution in [0.25, 0.3) is 0 Å². The molecule has 0 fully saturated rings. The summed E-state index contributed by atoms with van der Waals surface area (Å²) < 4.78 is 24.4. The number of carbonyl (C=O) groups is 1. The maximum absolute atomic E-state index is 11.2. The number of carboxylic acids is 1. The topological polar surface area (TPSA) is 152 Å². The first kappa shape index (κ1) is 15.8. The van der Waals surface area contributed by atoms with Gasteiger partial charge < -0.3 is 10.4 Å². The van der Waals surface area contributed by atoms with Gasteiger partial charge in [0.15, 0.2) is 0 Å². The van der Waals surface area contributed by atoms with E-state index in [4.69, 9.17) is 5.11 Å². The van der Waals surface area contributed by atoms with Gasteiger partial charge in [0.2, 0.25) is 15.8 Å². The van der Waals surface area contributed by atoms with E-state index < -0.39 is 26.6 Å². The van der Waals surface area contributed by atoms with Crippen LogP contribution in [0.3, 0.4) is 0 Å². The highest BCUT2D eigenvalue weighted by Gasteiger charge is 2.19. The van der Waals surface area contributed by atoms with Gasteiger partial charge in [0.1, 0.15) is 0 Å². The first-order chi connectivity index (χ1) is 9.26. The molecule has 110 valence electrons. The van der Waals surface area contributed by atoms with Crippen molar-refractivity contribution in [2.24, 2.45) is 0 Å². The number of hydrogen-bond donors (Lipinski definition) is 3. The lowest BCUT2D eigenvalue weighted by Gasteiger charge is -2.06. The maximum Gasteiger partial charge on any atom is 0.337 e. The Morgan fingerprint density at radius 1 is 1.55 bits per heavy atom. The van der Waals surface area contributed by atoms with Crippen molar-refractivity contribution >= 4 is 27.5 Å². The van der Waals surface area contributed by atoms with E-state index in [0.717, 1.165) is 12.3 Å². The van der Waals surface area contributed by atoms with Crippen LogP contribution in [-0.4, -0.2) is 48.7 Å². The van der Waals surface area contributed by atoms with Gasteiger partial charge in [-0.2, -0.15) is 0 Å². The van der Waals surface area contributed by atoms with Crippen molar-refractivity contribution < 1.29 is 23.2 Å². The van der Waals surface area contributed by atoms with E-state index in [1.54, 1.807) is 0 Å². The van der Waals surface area contributed by atoms with Crippen molar-refractivity contribution in [2.75, 3.05) is 24.7 Å². The molecule has 0 radical (unpaired) electrons. The van der Waals surface area contributed by atoms with Gasteiger partial charge in [-0.1, -0.05) is 0 Å². The Labute approximate surface area is 114 Å². The summed E-state index contributed by atoms with van der Waals surface area (Å²) in [5.41, 5.74) is -0.864. The fourth-order valence-electron chi connectivity index (χ4n) is 1.25. The Kier molecular flexibility index (Phi) is 4.94. The molecule has 11 heteroatoms. The number of aromatic nitrogens is 1. The average molecular weight is 304 g/mol.